The molecule has 0 spiro atoms. The second-order valence-corrected chi connectivity index (χ2v) is 5.28. The summed E-state index contributed by atoms with van der Waals surface area (Å²) in [6.45, 7) is 1.37. The van der Waals surface area contributed by atoms with E-state index < -0.39 is 11.2 Å². The summed E-state index contributed by atoms with van der Waals surface area (Å²) < 4.78 is 10.2. The van der Waals surface area contributed by atoms with Gasteiger partial charge in [0, 0.05) is 25.4 Å². The Bertz CT molecular complexity index is 712. The standard InChI is InChI=1S/C14H17N3O4/c15-8-14(3-5-20-6-4-14)12(18)16-9-1-2-11-10(7-9)17-13(19)21-11/h1-2,7H,3-6,8,15H2,(H,16,18)(H,17,19). The van der Waals surface area contributed by atoms with Crippen molar-refractivity contribution in [1.82, 2.24) is 4.98 Å². The highest BCUT2D eigenvalue weighted by molar-refractivity contribution is 5.96. The van der Waals surface area contributed by atoms with Gasteiger partial charge in [0.15, 0.2) is 5.58 Å². The molecule has 0 atom stereocenters. The fraction of sp³-hybridized carbons (Fsp3) is 0.429. The van der Waals surface area contributed by atoms with Crippen LogP contribution >= 0.6 is 0 Å². The zero-order chi connectivity index (χ0) is 14.9. The minimum Gasteiger partial charge on any atom is -0.408 e. The lowest BCUT2D eigenvalue weighted by molar-refractivity contribution is -0.130. The van der Waals surface area contributed by atoms with Crippen molar-refractivity contribution in [3.8, 4) is 0 Å². The van der Waals surface area contributed by atoms with Crippen molar-refractivity contribution in [3.05, 3.63) is 28.7 Å². The number of anilines is 1. The Morgan fingerprint density at radius 1 is 1.38 bits per heavy atom. The van der Waals surface area contributed by atoms with Gasteiger partial charge in [0.25, 0.3) is 0 Å². The number of ether oxygens (including phenoxy) is 1. The Kier molecular flexibility index (Phi) is 3.52. The predicted octanol–water partition coefficient (Wildman–Crippen LogP) is 0.815. The molecule has 1 fully saturated rings. The van der Waals surface area contributed by atoms with Gasteiger partial charge < -0.3 is 20.2 Å². The average Bonchev–Trinajstić information content (AvgIpc) is 2.87. The van der Waals surface area contributed by atoms with E-state index in [0.29, 0.717) is 42.8 Å². The van der Waals surface area contributed by atoms with Crippen LogP contribution in [0.15, 0.2) is 27.4 Å². The lowest BCUT2D eigenvalue weighted by Crippen LogP contribution is -2.46. The second-order valence-electron chi connectivity index (χ2n) is 5.28. The van der Waals surface area contributed by atoms with E-state index in [1.165, 1.54) is 0 Å². The summed E-state index contributed by atoms with van der Waals surface area (Å²) in [6.07, 6.45) is 1.22. The van der Waals surface area contributed by atoms with E-state index in [-0.39, 0.29) is 12.5 Å². The van der Waals surface area contributed by atoms with Gasteiger partial charge in [-0.3, -0.25) is 9.78 Å². The van der Waals surface area contributed by atoms with Crippen LogP contribution in [0, 0.1) is 5.41 Å². The summed E-state index contributed by atoms with van der Waals surface area (Å²) in [5, 5.41) is 2.87. The topological polar surface area (TPSA) is 110 Å². The third kappa shape index (κ3) is 2.57. The lowest BCUT2D eigenvalue weighted by atomic mass is 9.79. The quantitative estimate of drug-likeness (QED) is 0.775. The van der Waals surface area contributed by atoms with E-state index in [1.54, 1.807) is 18.2 Å². The second kappa shape index (κ2) is 5.34. The van der Waals surface area contributed by atoms with E-state index in [4.69, 9.17) is 14.9 Å². The van der Waals surface area contributed by atoms with Crippen LogP contribution in [-0.2, 0) is 9.53 Å². The Labute approximate surface area is 120 Å². The Hall–Kier alpha value is -2.12. The number of rotatable bonds is 3. The maximum atomic E-state index is 12.5. The molecule has 21 heavy (non-hydrogen) atoms. The molecule has 0 unspecified atom stereocenters. The zero-order valence-corrected chi connectivity index (χ0v) is 11.5. The molecule has 0 bridgehead atoms. The van der Waals surface area contributed by atoms with E-state index >= 15 is 0 Å². The van der Waals surface area contributed by atoms with Gasteiger partial charge in [-0.25, -0.2) is 4.79 Å². The van der Waals surface area contributed by atoms with Crippen LogP contribution in [0.3, 0.4) is 0 Å². The first kappa shape index (κ1) is 13.8. The molecule has 7 nitrogen and oxygen atoms in total. The molecule has 0 aliphatic carbocycles. The number of fused-ring (bicyclic) bond motifs is 1. The van der Waals surface area contributed by atoms with Crippen molar-refractivity contribution in [3.63, 3.8) is 0 Å². The molecular weight excluding hydrogens is 274 g/mol. The number of amides is 1. The number of oxazole rings is 1. The van der Waals surface area contributed by atoms with Crippen LogP contribution < -0.4 is 16.8 Å². The smallest absolute Gasteiger partial charge is 0.408 e. The van der Waals surface area contributed by atoms with Gasteiger partial charge in [0.1, 0.15) is 0 Å². The Morgan fingerprint density at radius 3 is 2.86 bits per heavy atom. The summed E-state index contributed by atoms with van der Waals surface area (Å²) in [5.74, 6) is -0.630. The number of nitrogens with two attached hydrogens (primary N) is 1. The summed E-state index contributed by atoms with van der Waals surface area (Å²) >= 11 is 0. The molecule has 2 heterocycles. The van der Waals surface area contributed by atoms with Crippen LogP contribution in [0.1, 0.15) is 12.8 Å². The normalized spacial score (nSPS) is 17.8. The third-order valence-corrected chi connectivity index (χ3v) is 4.00. The number of carbonyl (C=O) groups is 1. The van der Waals surface area contributed by atoms with E-state index in [1.807, 2.05) is 0 Å². The highest BCUT2D eigenvalue weighted by Crippen LogP contribution is 2.31. The van der Waals surface area contributed by atoms with Gasteiger partial charge in [-0.1, -0.05) is 0 Å². The molecule has 0 radical (unpaired) electrons. The molecular formula is C14H17N3O4. The number of hydrogen-bond donors (Lipinski definition) is 3. The van der Waals surface area contributed by atoms with Gasteiger partial charge in [-0.05, 0) is 31.0 Å². The number of aromatic nitrogens is 1. The molecule has 1 aromatic carbocycles. The maximum Gasteiger partial charge on any atom is 0.417 e. The highest BCUT2D eigenvalue weighted by Gasteiger charge is 2.38. The lowest BCUT2D eigenvalue weighted by Gasteiger charge is -2.34. The van der Waals surface area contributed by atoms with Crippen LogP contribution in [0.25, 0.3) is 11.1 Å². The Morgan fingerprint density at radius 2 is 2.14 bits per heavy atom. The van der Waals surface area contributed by atoms with Gasteiger partial charge in [0.05, 0.1) is 10.9 Å². The first-order chi connectivity index (χ1) is 10.1. The molecule has 2 aromatic rings. The van der Waals surface area contributed by atoms with Gasteiger partial charge >= 0.3 is 5.76 Å². The van der Waals surface area contributed by atoms with Crippen LogP contribution in [-0.4, -0.2) is 30.6 Å². The van der Waals surface area contributed by atoms with E-state index in [9.17, 15) is 9.59 Å². The molecule has 3 rings (SSSR count). The number of benzene rings is 1. The molecule has 1 aliphatic heterocycles. The number of H-pyrrole nitrogens is 1. The summed E-state index contributed by atoms with van der Waals surface area (Å²) in [7, 11) is 0. The number of carbonyl (C=O) groups excluding carboxylic acids is 1. The summed E-state index contributed by atoms with van der Waals surface area (Å²) in [5.41, 5.74) is 6.83. The SMILES string of the molecule is NCC1(C(=O)Nc2ccc3oc(=O)[nH]c3c2)CCOCC1. The first-order valence-corrected chi connectivity index (χ1v) is 6.85. The molecule has 1 saturated heterocycles. The number of nitrogens with one attached hydrogen (secondary N) is 2. The fourth-order valence-electron chi connectivity index (χ4n) is 2.58. The Balaban J connectivity index is 1.83. The molecule has 1 amide bonds. The van der Waals surface area contributed by atoms with Crippen molar-refractivity contribution in [2.45, 2.75) is 12.8 Å². The molecule has 112 valence electrons. The zero-order valence-electron chi connectivity index (χ0n) is 11.5. The molecule has 1 aliphatic rings. The van der Waals surface area contributed by atoms with Crippen LogP contribution in [0.4, 0.5) is 5.69 Å². The predicted molar refractivity (Wildman–Crippen MR) is 77.0 cm³/mol. The van der Waals surface area contributed by atoms with Crippen LogP contribution in [0.2, 0.25) is 0 Å². The highest BCUT2D eigenvalue weighted by atomic mass is 16.5. The van der Waals surface area contributed by atoms with E-state index in [2.05, 4.69) is 10.3 Å². The van der Waals surface area contributed by atoms with Gasteiger partial charge in [0.2, 0.25) is 5.91 Å². The van der Waals surface area contributed by atoms with Crippen molar-refractivity contribution in [1.29, 1.82) is 0 Å². The monoisotopic (exact) mass is 291 g/mol. The molecule has 1 aromatic heterocycles. The van der Waals surface area contributed by atoms with Crippen molar-refractivity contribution in [2.24, 2.45) is 11.1 Å². The largest absolute Gasteiger partial charge is 0.417 e. The van der Waals surface area contributed by atoms with Gasteiger partial charge in [-0.2, -0.15) is 0 Å². The van der Waals surface area contributed by atoms with Crippen molar-refractivity contribution >= 4 is 22.7 Å². The molecule has 0 saturated carbocycles. The van der Waals surface area contributed by atoms with Gasteiger partial charge in [-0.15, -0.1) is 0 Å². The first-order valence-electron chi connectivity index (χ1n) is 6.85. The minimum atomic E-state index is -0.586. The maximum absolute atomic E-state index is 12.5. The third-order valence-electron chi connectivity index (χ3n) is 4.00. The molecule has 7 heteroatoms. The van der Waals surface area contributed by atoms with Crippen molar-refractivity contribution < 1.29 is 13.9 Å². The summed E-state index contributed by atoms with van der Waals surface area (Å²) in [4.78, 5) is 26.2. The number of hydrogen-bond acceptors (Lipinski definition) is 5. The summed E-state index contributed by atoms with van der Waals surface area (Å²) in [6, 6.07) is 5.00. The molecule has 4 N–H and O–H groups in total. The average molecular weight is 291 g/mol. The van der Waals surface area contributed by atoms with Crippen LogP contribution in [0.5, 0.6) is 0 Å². The number of aromatic amines is 1. The fourth-order valence-corrected chi connectivity index (χ4v) is 2.58. The van der Waals surface area contributed by atoms with E-state index in [0.717, 1.165) is 0 Å². The minimum absolute atomic E-state index is 0.113. The van der Waals surface area contributed by atoms with Crippen molar-refractivity contribution in [2.75, 3.05) is 25.1 Å².